The van der Waals surface area contributed by atoms with Gasteiger partial charge in [0.15, 0.2) is 0 Å². The molecular weight excluding hydrogens is 280 g/mol. The molecule has 1 aliphatic heterocycles. The van der Waals surface area contributed by atoms with Crippen LogP contribution >= 0.6 is 0 Å². The predicted octanol–water partition coefficient (Wildman–Crippen LogP) is 0.823. The number of primary amides is 1. The quantitative estimate of drug-likeness (QED) is 0.845. The second-order valence-corrected chi connectivity index (χ2v) is 5.90. The van der Waals surface area contributed by atoms with E-state index in [1.54, 1.807) is 4.90 Å². The monoisotopic (exact) mass is 306 g/mol. The Balaban J connectivity index is 1.82. The molecule has 0 saturated carbocycles. The van der Waals surface area contributed by atoms with Gasteiger partial charge in [0.25, 0.3) is 0 Å². The lowest BCUT2D eigenvalue weighted by molar-refractivity contribution is 0.140. The molecule has 0 unspecified atom stereocenters. The summed E-state index contributed by atoms with van der Waals surface area (Å²) in [5.41, 5.74) is 6.53. The summed E-state index contributed by atoms with van der Waals surface area (Å²) in [6, 6.07) is 7.90. The second kappa shape index (κ2) is 8.00. The summed E-state index contributed by atoms with van der Waals surface area (Å²) in [7, 11) is 4.07. The van der Waals surface area contributed by atoms with Gasteiger partial charge in [-0.1, -0.05) is 12.1 Å². The molecule has 0 aliphatic carbocycles. The van der Waals surface area contributed by atoms with Crippen LogP contribution in [0.25, 0.3) is 0 Å². The van der Waals surface area contributed by atoms with E-state index in [1.807, 2.05) is 26.2 Å². The highest BCUT2D eigenvalue weighted by molar-refractivity contribution is 5.72. The number of likely N-dealkylation sites (N-methyl/N-ethyl adjacent to an activating group) is 1. The van der Waals surface area contributed by atoms with Gasteiger partial charge in [0.05, 0.1) is 0 Å². The maximum absolute atomic E-state index is 11.1. The van der Waals surface area contributed by atoms with E-state index in [0.717, 1.165) is 31.9 Å². The Kier molecular flexibility index (Phi) is 6.03. The molecule has 0 radical (unpaired) electrons. The van der Waals surface area contributed by atoms with Crippen molar-refractivity contribution in [3.63, 3.8) is 0 Å². The average molecular weight is 306 g/mol. The van der Waals surface area contributed by atoms with Crippen molar-refractivity contribution in [2.24, 2.45) is 5.73 Å². The summed E-state index contributed by atoms with van der Waals surface area (Å²) in [6.07, 6.45) is 0. The Labute approximate surface area is 132 Å². The van der Waals surface area contributed by atoms with Gasteiger partial charge in [-0.3, -0.25) is 4.90 Å². The lowest BCUT2D eigenvalue weighted by Gasteiger charge is -2.33. The summed E-state index contributed by atoms with van der Waals surface area (Å²) in [6.45, 7) is 5.58. The van der Waals surface area contributed by atoms with E-state index in [1.165, 1.54) is 5.56 Å². The van der Waals surface area contributed by atoms with Crippen molar-refractivity contribution in [2.75, 3.05) is 53.4 Å². The van der Waals surface area contributed by atoms with Crippen molar-refractivity contribution in [3.05, 3.63) is 29.8 Å². The SMILES string of the molecule is CN(C)CCOc1cccc(CN2CCN(C(N)=O)CC2)c1. The maximum atomic E-state index is 11.1. The Bertz CT molecular complexity index is 485. The lowest BCUT2D eigenvalue weighted by atomic mass is 10.2. The molecule has 0 aromatic heterocycles. The third kappa shape index (κ3) is 5.20. The Morgan fingerprint density at radius 2 is 2.00 bits per heavy atom. The maximum Gasteiger partial charge on any atom is 0.314 e. The first-order valence-corrected chi connectivity index (χ1v) is 7.68. The second-order valence-electron chi connectivity index (χ2n) is 5.90. The first-order chi connectivity index (χ1) is 10.5. The van der Waals surface area contributed by atoms with Crippen LogP contribution in [0.15, 0.2) is 24.3 Å². The molecule has 6 heteroatoms. The van der Waals surface area contributed by atoms with E-state index in [9.17, 15) is 4.79 Å². The third-order valence-electron chi connectivity index (χ3n) is 3.80. The van der Waals surface area contributed by atoms with E-state index in [0.29, 0.717) is 19.7 Å². The molecule has 1 heterocycles. The molecule has 22 heavy (non-hydrogen) atoms. The Hall–Kier alpha value is -1.79. The fraction of sp³-hybridized carbons (Fsp3) is 0.562. The number of rotatable bonds is 6. The minimum absolute atomic E-state index is 0.323. The van der Waals surface area contributed by atoms with Gasteiger partial charge in [-0.15, -0.1) is 0 Å². The number of ether oxygens (including phenoxy) is 1. The molecule has 1 aromatic rings. The first kappa shape index (κ1) is 16.6. The van der Waals surface area contributed by atoms with Crippen molar-refractivity contribution in [3.8, 4) is 5.75 Å². The first-order valence-electron chi connectivity index (χ1n) is 7.68. The standard InChI is InChI=1S/C16H26N4O2/c1-18(2)10-11-22-15-5-3-4-14(12-15)13-19-6-8-20(9-7-19)16(17)21/h3-5,12H,6-11,13H2,1-2H3,(H2,17,21). The van der Waals surface area contributed by atoms with Gasteiger partial charge in [0.2, 0.25) is 0 Å². The summed E-state index contributed by atoms with van der Waals surface area (Å²) in [5, 5.41) is 0. The number of amides is 2. The predicted molar refractivity (Wildman–Crippen MR) is 86.9 cm³/mol. The normalized spacial score (nSPS) is 16.0. The van der Waals surface area contributed by atoms with Gasteiger partial charge >= 0.3 is 6.03 Å². The average Bonchev–Trinajstić information content (AvgIpc) is 2.48. The van der Waals surface area contributed by atoms with Gasteiger partial charge in [-0.25, -0.2) is 4.79 Å². The highest BCUT2D eigenvalue weighted by Gasteiger charge is 2.19. The zero-order chi connectivity index (χ0) is 15.9. The van der Waals surface area contributed by atoms with Gasteiger partial charge in [-0.2, -0.15) is 0 Å². The molecule has 1 aliphatic rings. The smallest absolute Gasteiger partial charge is 0.314 e. The minimum atomic E-state index is -0.323. The zero-order valence-electron chi connectivity index (χ0n) is 13.5. The van der Waals surface area contributed by atoms with E-state index >= 15 is 0 Å². The van der Waals surface area contributed by atoms with Crippen LogP contribution in [-0.4, -0.2) is 74.2 Å². The van der Waals surface area contributed by atoms with Gasteiger partial charge in [-0.05, 0) is 31.8 Å². The number of carbonyl (C=O) groups is 1. The van der Waals surface area contributed by atoms with Crippen molar-refractivity contribution < 1.29 is 9.53 Å². The molecular formula is C16H26N4O2. The molecule has 1 fully saturated rings. The largest absolute Gasteiger partial charge is 0.492 e. The van der Waals surface area contributed by atoms with E-state index in [2.05, 4.69) is 21.9 Å². The lowest BCUT2D eigenvalue weighted by Crippen LogP contribution is -2.50. The number of nitrogens with zero attached hydrogens (tertiary/aromatic N) is 3. The topological polar surface area (TPSA) is 62.0 Å². The number of hydrogen-bond donors (Lipinski definition) is 1. The number of hydrogen-bond acceptors (Lipinski definition) is 4. The van der Waals surface area contributed by atoms with Crippen molar-refractivity contribution >= 4 is 6.03 Å². The molecule has 0 bridgehead atoms. The molecule has 6 nitrogen and oxygen atoms in total. The Morgan fingerprint density at radius 3 is 2.64 bits per heavy atom. The highest BCUT2D eigenvalue weighted by Crippen LogP contribution is 2.16. The molecule has 2 N–H and O–H groups in total. The molecule has 2 amide bonds. The molecule has 0 spiro atoms. The van der Waals surface area contributed by atoms with Crippen molar-refractivity contribution in [1.82, 2.24) is 14.7 Å². The number of carbonyl (C=O) groups excluding carboxylic acids is 1. The third-order valence-corrected chi connectivity index (χ3v) is 3.80. The van der Waals surface area contributed by atoms with Gasteiger partial charge in [0.1, 0.15) is 12.4 Å². The van der Waals surface area contributed by atoms with Crippen LogP contribution in [0.3, 0.4) is 0 Å². The number of piperazine rings is 1. The van der Waals surface area contributed by atoms with Crippen LogP contribution in [0.2, 0.25) is 0 Å². The molecule has 1 aromatic carbocycles. The fourth-order valence-electron chi connectivity index (χ4n) is 2.46. The van der Waals surface area contributed by atoms with Crippen LogP contribution in [0.5, 0.6) is 5.75 Å². The van der Waals surface area contributed by atoms with Crippen molar-refractivity contribution in [1.29, 1.82) is 0 Å². The van der Waals surface area contributed by atoms with E-state index in [4.69, 9.17) is 10.5 Å². The number of benzene rings is 1. The molecule has 2 rings (SSSR count). The van der Waals surface area contributed by atoms with Crippen molar-refractivity contribution in [2.45, 2.75) is 6.54 Å². The number of urea groups is 1. The van der Waals surface area contributed by atoms with Crippen LogP contribution in [0.1, 0.15) is 5.56 Å². The highest BCUT2D eigenvalue weighted by atomic mass is 16.5. The Morgan fingerprint density at radius 1 is 1.27 bits per heavy atom. The molecule has 0 atom stereocenters. The summed E-state index contributed by atoms with van der Waals surface area (Å²) < 4.78 is 5.77. The van der Waals surface area contributed by atoms with Gasteiger partial charge in [0, 0.05) is 39.3 Å². The summed E-state index contributed by atoms with van der Waals surface area (Å²) in [5.74, 6) is 0.912. The minimum Gasteiger partial charge on any atom is -0.492 e. The molecule has 122 valence electrons. The zero-order valence-corrected chi connectivity index (χ0v) is 13.5. The fourth-order valence-corrected chi connectivity index (χ4v) is 2.46. The van der Waals surface area contributed by atoms with Gasteiger partial charge < -0.3 is 20.3 Å². The number of nitrogens with two attached hydrogens (primary N) is 1. The summed E-state index contributed by atoms with van der Waals surface area (Å²) >= 11 is 0. The van der Waals surface area contributed by atoms with Crippen LogP contribution in [0, 0.1) is 0 Å². The van der Waals surface area contributed by atoms with Crippen LogP contribution in [0.4, 0.5) is 4.79 Å². The van der Waals surface area contributed by atoms with E-state index < -0.39 is 0 Å². The van der Waals surface area contributed by atoms with Crippen LogP contribution in [-0.2, 0) is 6.54 Å². The molecule has 1 saturated heterocycles. The van der Waals surface area contributed by atoms with Crippen LogP contribution < -0.4 is 10.5 Å². The summed E-state index contributed by atoms with van der Waals surface area (Å²) in [4.78, 5) is 17.2. The van der Waals surface area contributed by atoms with E-state index in [-0.39, 0.29) is 6.03 Å².